The summed E-state index contributed by atoms with van der Waals surface area (Å²) in [4.78, 5) is 0. The Morgan fingerprint density at radius 1 is 0.842 bits per heavy atom. The van der Waals surface area contributed by atoms with E-state index in [0.717, 1.165) is 23.0 Å². The topological polar surface area (TPSA) is 0 Å². The lowest BCUT2D eigenvalue weighted by Gasteiger charge is -2.41. The van der Waals surface area contributed by atoms with Gasteiger partial charge in [-0.3, -0.25) is 0 Å². The van der Waals surface area contributed by atoms with Gasteiger partial charge in [0.2, 0.25) is 0 Å². The van der Waals surface area contributed by atoms with Crippen molar-refractivity contribution in [2.75, 3.05) is 0 Å². The third-order valence-electron chi connectivity index (χ3n) is 5.72. The van der Waals surface area contributed by atoms with Gasteiger partial charge in [-0.25, -0.2) is 0 Å². The van der Waals surface area contributed by atoms with Crippen LogP contribution in [0, 0.1) is 17.8 Å². The molecule has 0 N–H and O–H groups in total. The fourth-order valence-corrected chi connectivity index (χ4v) is 5.99. The van der Waals surface area contributed by atoms with Crippen molar-refractivity contribution in [1.82, 2.24) is 0 Å². The number of hydrogen-bond donors (Lipinski definition) is 0. The van der Waals surface area contributed by atoms with Gasteiger partial charge in [0.1, 0.15) is 0 Å². The molecular weight excluding hydrogens is 248 g/mol. The molecule has 0 unspecified atom stereocenters. The number of thioether (sulfide) groups is 1. The van der Waals surface area contributed by atoms with Gasteiger partial charge < -0.3 is 0 Å². The maximum absolute atomic E-state index is 2.53. The molecule has 0 amide bonds. The molecule has 2 saturated carbocycles. The Hall–Kier alpha value is 0.350. The Labute approximate surface area is 125 Å². The van der Waals surface area contributed by atoms with Crippen LogP contribution in [-0.2, 0) is 0 Å². The summed E-state index contributed by atoms with van der Waals surface area (Å²) in [6, 6.07) is 0. The predicted octanol–water partition coefficient (Wildman–Crippen LogP) is 6.29. The Morgan fingerprint density at radius 2 is 1.42 bits per heavy atom. The first kappa shape index (κ1) is 15.7. The molecule has 0 aliphatic heterocycles. The first-order chi connectivity index (χ1) is 8.99. The molecule has 0 aromatic heterocycles. The van der Waals surface area contributed by atoms with E-state index < -0.39 is 0 Å². The van der Waals surface area contributed by atoms with Crippen LogP contribution in [0.15, 0.2) is 0 Å². The first-order valence-corrected chi connectivity index (χ1v) is 9.55. The highest BCUT2D eigenvalue weighted by Gasteiger charge is 2.35. The lowest BCUT2D eigenvalue weighted by Crippen LogP contribution is -2.33. The standard InChI is InChI=1S/C18H34S/c1-14(2)15-10-12-17(13-11-15)19-18(3,4)16-8-6-5-7-9-16/h14-17H,5-13H2,1-4H3. The highest BCUT2D eigenvalue weighted by molar-refractivity contribution is 8.01. The molecule has 0 heterocycles. The predicted molar refractivity (Wildman–Crippen MR) is 88.8 cm³/mol. The van der Waals surface area contributed by atoms with E-state index in [1.54, 1.807) is 0 Å². The van der Waals surface area contributed by atoms with Crippen LogP contribution >= 0.6 is 11.8 Å². The Balaban J connectivity index is 1.80. The fourth-order valence-electron chi connectivity index (χ4n) is 4.20. The smallest absolute Gasteiger partial charge is 0.0134 e. The average molecular weight is 283 g/mol. The van der Waals surface area contributed by atoms with Crippen LogP contribution in [0.3, 0.4) is 0 Å². The molecule has 1 heteroatoms. The summed E-state index contributed by atoms with van der Waals surface area (Å²) in [7, 11) is 0. The van der Waals surface area contributed by atoms with E-state index >= 15 is 0 Å². The zero-order chi connectivity index (χ0) is 13.9. The second-order valence-corrected chi connectivity index (χ2v) is 9.79. The van der Waals surface area contributed by atoms with Crippen LogP contribution in [0.25, 0.3) is 0 Å². The molecule has 0 bridgehead atoms. The van der Waals surface area contributed by atoms with Gasteiger partial charge >= 0.3 is 0 Å². The second kappa shape index (κ2) is 6.87. The molecule has 19 heavy (non-hydrogen) atoms. The zero-order valence-corrected chi connectivity index (χ0v) is 14.4. The van der Waals surface area contributed by atoms with Gasteiger partial charge in [-0.05, 0) is 56.3 Å². The maximum Gasteiger partial charge on any atom is 0.0134 e. The third-order valence-corrected chi connectivity index (χ3v) is 7.47. The summed E-state index contributed by atoms with van der Waals surface area (Å²) >= 11 is 2.34. The minimum atomic E-state index is 0.524. The summed E-state index contributed by atoms with van der Waals surface area (Å²) in [5.41, 5.74) is 0. The lowest BCUT2D eigenvalue weighted by atomic mass is 9.81. The monoisotopic (exact) mass is 282 g/mol. The van der Waals surface area contributed by atoms with E-state index in [-0.39, 0.29) is 0 Å². The van der Waals surface area contributed by atoms with Crippen molar-refractivity contribution in [1.29, 1.82) is 0 Å². The van der Waals surface area contributed by atoms with E-state index in [1.165, 1.54) is 57.8 Å². The highest BCUT2D eigenvalue weighted by Crippen LogP contribution is 2.46. The Morgan fingerprint density at radius 3 is 1.95 bits per heavy atom. The number of hydrogen-bond acceptors (Lipinski definition) is 1. The molecule has 2 aliphatic rings. The fraction of sp³-hybridized carbons (Fsp3) is 1.00. The van der Waals surface area contributed by atoms with Crippen LogP contribution in [0.4, 0.5) is 0 Å². The van der Waals surface area contributed by atoms with Gasteiger partial charge in [0, 0.05) is 10.00 Å². The van der Waals surface area contributed by atoms with Crippen LogP contribution < -0.4 is 0 Å². The van der Waals surface area contributed by atoms with Crippen LogP contribution in [0.5, 0.6) is 0 Å². The minimum absolute atomic E-state index is 0.524. The van der Waals surface area contributed by atoms with Crippen molar-refractivity contribution in [3.8, 4) is 0 Å². The Bertz CT molecular complexity index is 255. The molecule has 0 spiro atoms. The van der Waals surface area contributed by atoms with Gasteiger partial charge in [-0.1, -0.05) is 47.0 Å². The van der Waals surface area contributed by atoms with E-state index in [1.807, 2.05) is 0 Å². The van der Waals surface area contributed by atoms with E-state index in [2.05, 4.69) is 39.5 Å². The highest BCUT2D eigenvalue weighted by atomic mass is 32.2. The van der Waals surface area contributed by atoms with Gasteiger partial charge in [0.15, 0.2) is 0 Å². The summed E-state index contributed by atoms with van der Waals surface area (Å²) in [5, 5.41) is 0.951. The molecule has 2 aliphatic carbocycles. The second-order valence-electron chi connectivity index (χ2n) is 7.84. The molecular formula is C18H34S. The average Bonchev–Trinajstić information content (AvgIpc) is 2.40. The summed E-state index contributed by atoms with van der Waals surface area (Å²) in [5.74, 6) is 2.89. The largest absolute Gasteiger partial charge is 0.152 e. The van der Waals surface area contributed by atoms with Crippen LogP contribution in [0.1, 0.15) is 85.5 Å². The van der Waals surface area contributed by atoms with Crippen molar-refractivity contribution >= 4 is 11.8 Å². The summed E-state index contributed by atoms with van der Waals surface area (Å²) in [6.07, 6.45) is 13.3. The molecule has 0 atom stereocenters. The maximum atomic E-state index is 2.53. The SMILES string of the molecule is CC(C)C1CCC(SC(C)(C)C2CCCCC2)CC1. The van der Waals surface area contributed by atoms with Crippen molar-refractivity contribution in [2.45, 2.75) is 95.5 Å². The van der Waals surface area contributed by atoms with E-state index in [0.29, 0.717) is 4.75 Å². The van der Waals surface area contributed by atoms with Crippen LogP contribution in [0.2, 0.25) is 0 Å². The molecule has 0 radical (unpaired) electrons. The Kier molecular flexibility index (Phi) is 5.69. The van der Waals surface area contributed by atoms with E-state index in [9.17, 15) is 0 Å². The molecule has 112 valence electrons. The molecule has 0 aromatic rings. The molecule has 2 fully saturated rings. The normalized spacial score (nSPS) is 30.8. The molecule has 2 rings (SSSR count). The summed E-state index contributed by atoms with van der Waals surface area (Å²) < 4.78 is 0.524. The minimum Gasteiger partial charge on any atom is -0.152 e. The third kappa shape index (κ3) is 4.41. The quantitative estimate of drug-likeness (QED) is 0.583. The lowest BCUT2D eigenvalue weighted by molar-refractivity contribution is 0.278. The van der Waals surface area contributed by atoms with Gasteiger partial charge in [0.25, 0.3) is 0 Å². The zero-order valence-electron chi connectivity index (χ0n) is 13.6. The first-order valence-electron chi connectivity index (χ1n) is 8.67. The van der Waals surface area contributed by atoms with Gasteiger partial charge in [-0.15, -0.1) is 0 Å². The van der Waals surface area contributed by atoms with Crippen molar-refractivity contribution < 1.29 is 0 Å². The van der Waals surface area contributed by atoms with Gasteiger partial charge in [-0.2, -0.15) is 11.8 Å². The molecule has 0 aromatic carbocycles. The van der Waals surface area contributed by atoms with Crippen LogP contribution in [-0.4, -0.2) is 10.00 Å². The van der Waals surface area contributed by atoms with Crippen molar-refractivity contribution in [3.05, 3.63) is 0 Å². The number of rotatable bonds is 4. The van der Waals surface area contributed by atoms with E-state index in [4.69, 9.17) is 0 Å². The van der Waals surface area contributed by atoms with Gasteiger partial charge in [0.05, 0.1) is 0 Å². The molecule has 0 saturated heterocycles. The summed E-state index contributed by atoms with van der Waals surface area (Å²) in [6.45, 7) is 9.87. The molecule has 0 nitrogen and oxygen atoms in total. The van der Waals surface area contributed by atoms with Crippen molar-refractivity contribution in [2.24, 2.45) is 17.8 Å². The van der Waals surface area contributed by atoms with Crippen molar-refractivity contribution in [3.63, 3.8) is 0 Å².